The number of hydrogen-bond acceptors (Lipinski definition) is 3. The van der Waals surface area contributed by atoms with E-state index in [0.717, 1.165) is 6.42 Å². The van der Waals surface area contributed by atoms with Gasteiger partial charge in [-0.3, -0.25) is 0 Å². The Morgan fingerprint density at radius 2 is 1.64 bits per heavy atom. The molecule has 0 radical (unpaired) electrons. The molecule has 0 saturated carbocycles. The van der Waals surface area contributed by atoms with Crippen LogP contribution in [0.2, 0.25) is 0 Å². The minimum Gasteiger partial charge on any atom is -0.425 e. The Hall–Kier alpha value is -0.920. The van der Waals surface area contributed by atoms with Gasteiger partial charge in [0.15, 0.2) is 6.10 Å². The van der Waals surface area contributed by atoms with Crippen LogP contribution in [0.1, 0.15) is 64.4 Å². The standard InChI is InChI=1S/C18H29O3P/c1-3-4-5-6-7-8-9-10-16-11-13-17(14-12-16)20-18(19)15(2)21-22/h11-15H,3-10,22H2,1-2H3. The summed E-state index contributed by atoms with van der Waals surface area (Å²) in [7, 11) is 2.07. The number of rotatable bonds is 11. The minimum absolute atomic E-state index is 0.380. The van der Waals surface area contributed by atoms with Crippen LogP contribution in [0, 0.1) is 0 Å². The topological polar surface area (TPSA) is 35.5 Å². The first-order chi connectivity index (χ1) is 10.7. The van der Waals surface area contributed by atoms with E-state index < -0.39 is 6.10 Å². The average molecular weight is 324 g/mol. The Morgan fingerprint density at radius 3 is 2.23 bits per heavy atom. The van der Waals surface area contributed by atoms with Crippen molar-refractivity contribution in [2.24, 2.45) is 0 Å². The van der Waals surface area contributed by atoms with E-state index in [4.69, 9.17) is 9.26 Å². The minimum atomic E-state index is -0.572. The molecule has 0 aliphatic rings. The molecule has 0 amide bonds. The summed E-state index contributed by atoms with van der Waals surface area (Å²) < 4.78 is 10.1. The van der Waals surface area contributed by atoms with E-state index in [0.29, 0.717) is 5.75 Å². The smallest absolute Gasteiger partial charge is 0.340 e. The fraction of sp³-hybridized carbons (Fsp3) is 0.611. The van der Waals surface area contributed by atoms with Crippen molar-refractivity contribution in [2.45, 2.75) is 71.3 Å². The van der Waals surface area contributed by atoms with Crippen LogP contribution in [-0.2, 0) is 15.7 Å². The zero-order valence-corrected chi connectivity index (χ0v) is 15.0. The molecule has 0 fully saturated rings. The molecule has 4 heteroatoms. The van der Waals surface area contributed by atoms with E-state index in [1.165, 1.54) is 50.5 Å². The normalized spacial score (nSPS) is 12.1. The van der Waals surface area contributed by atoms with Crippen molar-refractivity contribution in [1.82, 2.24) is 0 Å². The lowest BCUT2D eigenvalue weighted by Crippen LogP contribution is -2.22. The molecular formula is C18H29O3P. The maximum absolute atomic E-state index is 11.6. The monoisotopic (exact) mass is 324 g/mol. The number of carbonyl (C=O) groups is 1. The van der Waals surface area contributed by atoms with Crippen LogP contribution in [-0.4, -0.2) is 12.1 Å². The number of aryl methyl sites for hydroxylation is 1. The van der Waals surface area contributed by atoms with Gasteiger partial charge >= 0.3 is 5.97 Å². The van der Waals surface area contributed by atoms with Crippen molar-refractivity contribution < 1.29 is 14.1 Å². The first-order valence-corrected chi connectivity index (χ1v) is 8.80. The van der Waals surface area contributed by atoms with Gasteiger partial charge in [0, 0.05) is 9.47 Å². The molecule has 1 aromatic carbocycles. The van der Waals surface area contributed by atoms with Crippen LogP contribution in [0.5, 0.6) is 5.75 Å². The van der Waals surface area contributed by atoms with Crippen LogP contribution < -0.4 is 4.74 Å². The second-order valence-electron chi connectivity index (χ2n) is 5.71. The van der Waals surface area contributed by atoms with Gasteiger partial charge in [0.2, 0.25) is 0 Å². The Bertz CT molecular complexity index is 417. The summed E-state index contributed by atoms with van der Waals surface area (Å²) >= 11 is 0. The lowest BCUT2D eigenvalue weighted by atomic mass is 10.0. The maximum atomic E-state index is 11.6. The van der Waals surface area contributed by atoms with Gasteiger partial charge < -0.3 is 9.26 Å². The highest BCUT2D eigenvalue weighted by atomic mass is 31.0. The van der Waals surface area contributed by atoms with Gasteiger partial charge in [-0.15, -0.1) is 0 Å². The zero-order valence-electron chi connectivity index (χ0n) is 13.8. The molecule has 124 valence electrons. The summed E-state index contributed by atoms with van der Waals surface area (Å²) in [4.78, 5) is 11.6. The summed E-state index contributed by atoms with van der Waals surface area (Å²) in [6.45, 7) is 3.90. The number of hydrogen-bond donors (Lipinski definition) is 0. The van der Waals surface area contributed by atoms with Gasteiger partial charge in [0.1, 0.15) is 5.75 Å². The quantitative estimate of drug-likeness (QED) is 0.246. The Morgan fingerprint density at radius 1 is 1.05 bits per heavy atom. The zero-order chi connectivity index (χ0) is 16.2. The third-order valence-electron chi connectivity index (χ3n) is 3.75. The molecule has 2 atom stereocenters. The molecule has 22 heavy (non-hydrogen) atoms. The summed E-state index contributed by atoms with van der Waals surface area (Å²) in [6, 6.07) is 7.77. The highest BCUT2D eigenvalue weighted by Gasteiger charge is 2.13. The van der Waals surface area contributed by atoms with E-state index in [1.54, 1.807) is 6.92 Å². The molecule has 0 spiro atoms. The largest absolute Gasteiger partial charge is 0.425 e. The van der Waals surface area contributed by atoms with Crippen molar-refractivity contribution in [3.8, 4) is 5.75 Å². The molecule has 0 aliphatic carbocycles. The van der Waals surface area contributed by atoms with Gasteiger partial charge in [-0.05, 0) is 37.5 Å². The second kappa shape index (κ2) is 11.6. The van der Waals surface area contributed by atoms with Gasteiger partial charge in [-0.25, -0.2) is 4.79 Å². The fourth-order valence-electron chi connectivity index (χ4n) is 2.27. The van der Waals surface area contributed by atoms with Crippen LogP contribution in [0.15, 0.2) is 24.3 Å². The van der Waals surface area contributed by atoms with Crippen molar-refractivity contribution in [2.75, 3.05) is 0 Å². The van der Waals surface area contributed by atoms with Gasteiger partial charge in [-0.2, -0.15) is 0 Å². The van der Waals surface area contributed by atoms with E-state index in [9.17, 15) is 4.79 Å². The van der Waals surface area contributed by atoms with Gasteiger partial charge in [-0.1, -0.05) is 57.6 Å². The number of unbranched alkanes of at least 4 members (excludes halogenated alkanes) is 6. The average Bonchev–Trinajstić information content (AvgIpc) is 2.54. The number of esters is 1. The molecule has 0 bridgehead atoms. The van der Waals surface area contributed by atoms with Crippen LogP contribution in [0.3, 0.4) is 0 Å². The molecule has 2 unspecified atom stereocenters. The molecule has 1 aromatic rings. The lowest BCUT2D eigenvalue weighted by Gasteiger charge is -2.09. The van der Waals surface area contributed by atoms with Crippen LogP contribution in [0.4, 0.5) is 0 Å². The Labute approximate surface area is 137 Å². The van der Waals surface area contributed by atoms with E-state index >= 15 is 0 Å². The first-order valence-electron chi connectivity index (χ1n) is 8.33. The summed E-state index contributed by atoms with van der Waals surface area (Å²) in [5.74, 6) is 0.192. The van der Waals surface area contributed by atoms with Gasteiger partial charge in [0.25, 0.3) is 0 Å². The predicted molar refractivity (Wildman–Crippen MR) is 94.0 cm³/mol. The summed E-state index contributed by atoms with van der Waals surface area (Å²) in [6.07, 6.45) is 9.77. The van der Waals surface area contributed by atoms with E-state index in [-0.39, 0.29) is 5.97 Å². The van der Waals surface area contributed by atoms with Gasteiger partial charge in [0.05, 0.1) is 0 Å². The highest BCUT2D eigenvalue weighted by molar-refractivity contribution is 7.09. The Balaban J connectivity index is 2.23. The number of benzene rings is 1. The number of carbonyl (C=O) groups excluding carboxylic acids is 1. The van der Waals surface area contributed by atoms with Crippen molar-refractivity contribution in [3.63, 3.8) is 0 Å². The first kappa shape index (κ1) is 19.1. The van der Waals surface area contributed by atoms with E-state index in [2.05, 4.69) is 16.4 Å². The SMILES string of the molecule is CCCCCCCCCc1ccc(OC(=O)C(C)OP)cc1. The van der Waals surface area contributed by atoms with Crippen molar-refractivity contribution in [3.05, 3.63) is 29.8 Å². The van der Waals surface area contributed by atoms with Crippen LogP contribution >= 0.6 is 9.47 Å². The molecule has 0 aromatic heterocycles. The summed E-state index contributed by atoms with van der Waals surface area (Å²) in [5.41, 5.74) is 1.30. The molecule has 3 nitrogen and oxygen atoms in total. The molecule has 1 rings (SSSR count). The predicted octanol–water partition coefficient (Wildman–Crippen LogP) is 5.08. The molecule has 0 saturated heterocycles. The van der Waals surface area contributed by atoms with Crippen molar-refractivity contribution >= 4 is 15.4 Å². The molecule has 0 aliphatic heterocycles. The third-order valence-corrected chi connectivity index (χ3v) is 4.16. The van der Waals surface area contributed by atoms with Crippen LogP contribution in [0.25, 0.3) is 0 Å². The lowest BCUT2D eigenvalue weighted by molar-refractivity contribution is -0.140. The highest BCUT2D eigenvalue weighted by Crippen LogP contribution is 2.16. The molecule has 0 heterocycles. The maximum Gasteiger partial charge on any atom is 0.340 e. The molecule has 0 N–H and O–H groups in total. The summed E-state index contributed by atoms with van der Waals surface area (Å²) in [5, 5.41) is 0. The third kappa shape index (κ3) is 7.91. The van der Waals surface area contributed by atoms with Crippen molar-refractivity contribution in [1.29, 1.82) is 0 Å². The second-order valence-corrected chi connectivity index (χ2v) is 5.99. The number of ether oxygens (including phenoxy) is 1. The Kier molecular flexibility index (Phi) is 10.1. The van der Waals surface area contributed by atoms with E-state index in [1.807, 2.05) is 24.3 Å². The molecular weight excluding hydrogens is 295 g/mol. The fourth-order valence-corrected chi connectivity index (χ4v) is 2.38.